The summed E-state index contributed by atoms with van der Waals surface area (Å²) in [6.45, 7) is 0.490. The number of amides is 1. The van der Waals surface area contributed by atoms with Crippen molar-refractivity contribution < 1.29 is 17.6 Å². The third-order valence-corrected chi connectivity index (χ3v) is 6.00. The minimum atomic E-state index is -4.14. The zero-order valence-corrected chi connectivity index (χ0v) is 14.2. The molecule has 8 heteroatoms. The van der Waals surface area contributed by atoms with Crippen LogP contribution < -0.4 is 5.32 Å². The maximum absolute atomic E-state index is 13.7. The molecule has 0 radical (unpaired) electrons. The van der Waals surface area contributed by atoms with Crippen molar-refractivity contribution in [2.75, 3.05) is 6.54 Å². The van der Waals surface area contributed by atoms with Gasteiger partial charge in [-0.05, 0) is 40.4 Å². The van der Waals surface area contributed by atoms with E-state index >= 15 is 0 Å². The molecule has 1 fully saturated rings. The van der Waals surface area contributed by atoms with E-state index in [4.69, 9.17) is 10.7 Å². The van der Waals surface area contributed by atoms with Crippen LogP contribution in [0.5, 0.6) is 0 Å². The van der Waals surface area contributed by atoms with Gasteiger partial charge in [0.15, 0.2) is 0 Å². The fourth-order valence-corrected chi connectivity index (χ4v) is 4.24. The first-order valence-corrected chi connectivity index (χ1v) is 9.61. The molecule has 0 saturated heterocycles. The molecule has 1 amide bonds. The van der Waals surface area contributed by atoms with Crippen molar-refractivity contribution in [1.82, 2.24) is 5.32 Å². The van der Waals surface area contributed by atoms with Crippen molar-refractivity contribution in [2.24, 2.45) is 5.92 Å². The Morgan fingerprint density at radius 3 is 2.62 bits per heavy atom. The minimum Gasteiger partial charge on any atom is -0.352 e. The van der Waals surface area contributed by atoms with Crippen molar-refractivity contribution >= 4 is 41.6 Å². The van der Waals surface area contributed by atoms with Crippen LogP contribution in [0.3, 0.4) is 0 Å². The second kappa shape index (κ2) is 6.62. The molecule has 1 N–H and O–H groups in total. The maximum Gasteiger partial charge on any atom is 0.262 e. The van der Waals surface area contributed by atoms with Crippen LogP contribution in [0.1, 0.15) is 36.0 Å². The molecule has 21 heavy (non-hydrogen) atoms. The Kier molecular flexibility index (Phi) is 5.27. The second-order valence-electron chi connectivity index (χ2n) is 5.05. The largest absolute Gasteiger partial charge is 0.352 e. The molecule has 1 aliphatic carbocycles. The molecular weight excluding hydrogens is 385 g/mol. The number of benzene rings is 1. The predicted octanol–water partition coefficient (Wildman–Crippen LogP) is 3.44. The highest BCUT2D eigenvalue weighted by Gasteiger charge is 2.22. The number of halogens is 3. The summed E-state index contributed by atoms with van der Waals surface area (Å²) in [5, 5.41) is 2.66. The monoisotopic (exact) mass is 397 g/mol. The van der Waals surface area contributed by atoms with E-state index in [0.717, 1.165) is 18.6 Å². The van der Waals surface area contributed by atoms with Crippen LogP contribution in [-0.4, -0.2) is 20.9 Å². The molecule has 0 atom stereocenters. The number of hydrogen-bond acceptors (Lipinski definition) is 3. The Morgan fingerprint density at radius 1 is 1.43 bits per heavy atom. The van der Waals surface area contributed by atoms with Gasteiger partial charge in [0.05, 0.1) is 4.47 Å². The fourth-order valence-electron chi connectivity index (χ4n) is 2.15. The molecule has 0 aliphatic heterocycles. The van der Waals surface area contributed by atoms with Crippen LogP contribution in [0.25, 0.3) is 0 Å². The predicted molar refractivity (Wildman–Crippen MR) is 81.4 cm³/mol. The summed E-state index contributed by atoms with van der Waals surface area (Å²) in [6.07, 6.45) is 4.47. The first-order chi connectivity index (χ1) is 9.79. The molecule has 0 spiro atoms. The van der Waals surface area contributed by atoms with Crippen LogP contribution >= 0.6 is 26.6 Å². The molecule has 1 saturated carbocycles. The standard InChI is InChI=1S/C13H14BrClFNO3S/c14-12-10(16)6-9(7-11(12)21(15,19)20)13(18)17-5-4-8-2-1-3-8/h6-8H,1-5H2,(H,17,18). The zero-order chi connectivity index (χ0) is 15.6. The SMILES string of the molecule is O=C(NCCC1CCC1)c1cc(F)c(Br)c(S(=O)(=O)Cl)c1. The van der Waals surface area contributed by atoms with Gasteiger partial charge in [0.25, 0.3) is 15.0 Å². The van der Waals surface area contributed by atoms with Gasteiger partial charge in [-0.3, -0.25) is 4.79 Å². The van der Waals surface area contributed by atoms with E-state index in [9.17, 15) is 17.6 Å². The lowest BCUT2D eigenvalue weighted by atomic mass is 9.83. The molecule has 4 nitrogen and oxygen atoms in total. The third-order valence-electron chi connectivity index (χ3n) is 3.58. The second-order valence-corrected chi connectivity index (χ2v) is 8.38. The highest BCUT2D eigenvalue weighted by atomic mass is 79.9. The van der Waals surface area contributed by atoms with Crippen molar-refractivity contribution in [3.05, 3.63) is 28.0 Å². The van der Waals surface area contributed by atoms with Crippen molar-refractivity contribution in [2.45, 2.75) is 30.6 Å². The smallest absolute Gasteiger partial charge is 0.262 e. The molecule has 0 unspecified atom stereocenters. The van der Waals surface area contributed by atoms with Crippen molar-refractivity contribution in [1.29, 1.82) is 0 Å². The summed E-state index contributed by atoms with van der Waals surface area (Å²) in [7, 11) is 1.09. The van der Waals surface area contributed by atoms with Gasteiger partial charge in [-0.2, -0.15) is 0 Å². The molecule has 116 valence electrons. The van der Waals surface area contributed by atoms with E-state index < -0.39 is 25.7 Å². The summed E-state index contributed by atoms with van der Waals surface area (Å²) >= 11 is 2.82. The van der Waals surface area contributed by atoms with Gasteiger partial charge >= 0.3 is 0 Å². The fraction of sp³-hybridized carbons (Fsp3) is 0.462. The molecular formula is C13H14BrClFNO3S. The van der Waals surface area contributed by atoms with Crippen molar-refractivity contribution in [3.8, 4) is 0 Å². The topological polar surface area (TPSA) is 63.2 Å². The van der Waals surface area contributed by atoms with E-state index in [1.165, 1.54) is 19.3 Å². The molecule has 1 aromatic rings. The molecule has 1 aliphatic rings. The van der Waals surface area contributed by atoms with Crippen LogP contribution in [-0.2, 0) is 9.05 Å². The summed E-state index contributed by atoms with van der Waals surface area (Å²) in [6, 6.07) is 2.04. The number of carbonyl (C=O) groups excluding carboxylic acids is 1. The van der Waals surface area contributed by atoms with E-state index in [2.05, 4.69) is 21.2 Å². The van der Waals surface area contributed by atoms with Gasteiger partial charge in [-0.25, -0.2) is 12.8 Å². The Bertz CT molecular complexity index is 662. The van der Waals surface area contributed by atoms with Crippen LogP contribution in [0.4, 0.5) is 4.39 Å². The van der Waals surface area contributed by atoms with Crippen molar-refractivity contribution in [3.63, 3.8) is 0 Å². The van der Waals surface area contributed by atoms with Crippen LogP contribution in [0.2, 0.25) is 0 Å². The normalized spacial score (nSPS) is 15.6. The van der Waals surface area contributed by atoms with E-state index in [1.54, 1.807) is 0 Å². The maximum atomic E-state index is 13.7. The van der Waals surface area contributed by atoms with Gasteiger partial charge < -0.3 is 5.32 Å². The quantitative estimate of drug-likeness (QED) is 0.773. The third kappa shape index (κ3) is 4.17. The van der Waals surface area contributed by atoms with Gasteiger partial charge in [0, 0.05) is 22.8 Å². The number of nitrogens with one attached hydrogen (secondary N) is 1. The highest BCUT2D eigenvalue weighted by Crippen LogP contribution is 2.30. The molecule has 0 aromatic heterocycles. The van der Waals surface area contributed by atoms with Crippen LogP contribution in [0.15, 0.2) is 21.5 Å². The minimum absolute atomic E-state index is 0.0662. The zero-order valence-electron chi connectivity index (χ0n) is 11.0. The number of hydrogen-bond donors (Lipinski definition) is 1. The van der Waals surface area contributed by atoms with Gasteiger partial charge in [0.2, 0.25) is 0 Å². The molecule has 1 aromatic carbocycles. The Morgan fingerprint density at radius 2 is 2.10 bits per heavy atom. The molecule has 0 heterocycles. The summed E-state index contributed by atoms with van der Waals surface area (Å²) in [4.78, 5) is 11.5. The lowest BCUT2D eigenvalue weighted by Crippen LogP contribution is -2.27. The molecule has 0 bridgehead atoms. The highest BCUT2D eigenvalue weighted by molar-refractivity contribution is 9.10. The van der Waals surface area contributed by atoms with Crippen LogP contribution in [0, 0.1) is 11.7 Å². The number of rotatable bonds is 5. The first-order valence-electron chi connectivity index (χ1n) is 6.51. The average molecular weight is 399 g/mol. The lowest BCUT2D eigenvalue weighted by Gasteiger charge is -2.25. The first kappa shape index (κ1) is 16.7. The van der Waals surface area contributed by atoms with Gasteiger partial charge in [0.1, 0.15) is 10.7 Å². The Labute approximate surface area is 135 Å². The van der Waals surface area contributed by atoms with Gasteiger partial charge in [-0.15, -0.1) is 0 Å². The Hall–Kier alpha value is -0.660. The van der Waals surface area contributed by atoms with Gasteiger partial charge in [-0.1, -0.05) is 19.3 Å². The van der Waals surface area contributed by atoms with E-state index in [-0.39, 0.29) is 10.0 Å². The lowest BCUT2D eigenvalue weighted by molar-refractivity contribution is 0.0948. The average Bonchev–Trinajstić information content (AvgIpc) is 2.33. The number of carbonyl (C=O) groups is 1. The van der Waals surface area contributed by atoms with E-state index in [1.807, 2.05) is 0 Å². The Balaban J connectivity index is 2.11. The summed E-state index contributed by atoms with van der Waals surface area (Å²) in [5.74, 6) is -0.714. The molecule has 2 rings (SSSR count). The summed E-state index contributed by atoms with van der Waals surface area (Å²) < 4.78 is 36.2. The van der Waals surface area contributed by atoms with E-state index in [0.29, 0.717) is 12.5 Å². The summed E-state index contributed by atoms with van der Waals surface area (Å²) in [5.41, 5.74) is -0.0662.